The Morgan fingerprint density at radius 3 is 2.57 bits per heavy atom. The molecular formula is C28H28N2O4S. The van der Waals surface area contributed by atoms with Crippen molar-refractivity contribution in [2.75, 3.05) is 13.7 Å². The fourth-order valence-electron chi connectivity index (χ4n) is 5.43. The SMILES string of the molecule is COc1ccccc1[C@H]1CCCN1C(=O)C[C@@]1(c2ccccc2)CC(=O)N(Cc2cccs2)C1=O. The van der Waals surface area contributed by atoms with E-state index in [1.807, 2.05) is 77.0 Å². The van der Waals surface area contributed by atoms with Crippen LogP contribution in [0.2, 0.25) is 0 Å². The second-order valence-corrected chi connectivity index (χ2v) is 10.2. The van der Waals surface area contributed by atoms with E-state index < -0.39 is 5.41 Å². The lowest BCUT2D eigenvalue weighted by Crippen LogP contribution is -2.43. The number of para-hydroxylation sites is 1. The van der Waals surface area contributed by atoms with Crippen molar-refractivity contribution in [1.82, 2.24) is 9.80 Å². The molecule has 0 unspecified atom stereocenters. The van der Waals surface area contributed by atoms with Gasteiger partial charge in [-0.3, -0.25) is 19.3 Å². The summed E-state index contributed by atoms with van der Waals surface area (Å²) in [6, 6.07) is 20.8. The van der Waals surface area contributed by atoms with Crippen molar-refractivity contribution in [3.63, 3.8) is 0 Å². The lowest BCUT2D eigenvalue weighted by Gasteiger charge is -2.32. The average molecular weight is 489 g/mol. The Morgan fingerprint density at radius 2 is 1.83 bits per heavy atom. The molecule has 5 rings (SSSR count). The highest BCUT2D eigenvalue weighted by Crippen LogP contribution is 2.43. The summed E-state index contributed by atoms with van der Waals surface area (Å²) in [5.41, 5.74) is 0.497. The van der Waals surface area contributed by atoms with Crippen LogP contribution in [-0.4, -0.2) is 41.2 Å². The van der Waals surface area contributed by atoms with Crippen LogP contribution >= 0.6 is 11.3 Å². The van der Waals surface area contributed by atoms with E-state index >= 15 is 0 Å². The van der Waals surface area contributed by atoms with Gasteiger partial charge in [-0.1, -0.05) is 54.6 Å². The first-order valence-electron chi connectivity index (χ1n) is 11.9. The van der Waals surface area contributed by atoms with Gasteiger partial charge < -0.3 is 9.64 Å². The first-order valence-corrected chi connectivity index (χ1v) is 12.8. The standard InChI is InChI=1S/C28H28N2O4S/c1-34-24-14-6-5-12-22(24)23-13-7-15-29(23)25(31)17-28(20-9-3-2-4-10-20)18-26(32)30(27(28)33)19-21-11-8-16-35-21/h2-6,8-12,14,16,23H,7,13,15,17-19H2,1H3/t23-,28+/m1/s1. The zero-order chi connectivity index (χ0) is 24.4. The van der Waals surface area contributed by atoms with Gasteiger partial charge in [0.25, 0.3) is 0 Å². The summed E-state index contributed by atoms with van der Waals surface area (Å²) in [4.78, 5) is 45.0. The summed E-state index contributed by atoms with van der Waals surface area (Å²) < 4.78 is 5.56. The normalized spacial score (nSPS) is 22.1. The molecule has 0 saturated carbocycles. The molecular weight excluding hydrogens is 460 g/mol. The number of rotatable bonds is 7. The van der Waals surface area contributed by atoms with Crippen molar-refractivity contribution in [3.05, 3.63) is 88.1 Å². The van der Waals surface area contributed by atoms with Gasteiger partial charge in [-0.25, -0.2) is 0 Å². The average Bonchev–Trinajstić information content (AvgIpc) is 3.63. The quantitative estimate of drug-likeness (QED) is 0.452. The minimum Gasteiger partial charge on any atom is -0.496 e. The number of likely N-dealkylation sites (tertiary alicyclic amines) is 2. The van der Waals surface area contributed by atoms with Gasteiger partial charge in [-0.05, 0) is 35.9 Å². The molecule has 2 aromatic carbocycles. The van der Waals surface area contributed by atoms with E-state index in [0.29, 0.717) is 12.1 Å². The van der Waals surface area contributed by atoms with Crippen LogP contribution in [0.5, 0.6) is 5.75 Å². The van der Waals surface area contributed by atoms with Crippen LogP contribution in [0.4, 0.5) is 0 Å². The first-order chi connectivity index (χ1) is 17.0. The molecule has 7 heteroatoms. The van der Waals surface area contributed by atoms with E-state index in [-0.39, 0.29) is 43.1 Å². The van der Waals surface area contributed by atoms with Crippen molar-refractivity contribution in [1.29, 1.82) is 0 Å². The van der Waals surface area contributed by atoms with Gasteiger partial charge >= 0.3 is 0 Å². The number of amides is 3. The van der Waals surface area contributed by atoms with Gasteiger partial charge in [0, 0.05) is 29.8 Å². The number of thiophene rings is 1. The van der Waals surface area contributed by atoms with Crippen molar-refractivity contribution in [3.8, 4) is 5.75 Å². The van der Waals surface area contributed by atoms with Crippen LogP contribution in [0.25, 0.3) is 0 Å². The molecule has 2 aliphatic heterocycles. The number of nitrogens with zero attached hydrogens (tertiary/aromatic N) is 2. The largest absolute Gasteiger partial charge is 0.496 e. The van der Waals surface area contributed by atoms with Crippen LogP contribution in [0.3, 0.4) is 0 Å². The molecule has 0 aliphatic carbocycles. The Hall–Kier alpha value is -3.45. The molecule has 2 aliphatic rings. The number of ether oxygens (including phenoxy) is 1. The smallest absolute Gasteiger partial charge is 0.241 e. The molecule has 2 atom stereocenters. The zero-order valence-electron chi connectivity index (χ0n) is 19.7. The van der Waals surface area contributed by atoms with Gasteiger partial charge in [0.15, 0.2) is 0 Å². The maximum absolute atomic E-state index is 13.9. The van der Waals surface area contributed by atoms with Gasteiger partial charge in [0.2, 0.25) is 17.7 Å². The number of benzene rings is 2. The number of carbonyl (C=O) groups is 3. The molecule has 3 aromatic rings. The summed E-state index contributed by atoms with van der Waals surface area (Å²) in [5.74, 6) is 0.122. The number of methoxy groups -OCH3 is 1. The maximum atomic E-state index is 13.9. The molecule has 0 N–H and O–H groups in total. The number of hydrogen-bond acceptors (Lipinski definition) is 5. The second-order valence-electron chi connectivity index (χ2n) is 9.15. The molecule has 6 nitrogen and oxygen atoms in total. The predicted octanol–water partition coefficient (Wildman–Crippen LogP) is 4.71. The molecule has 3 heterocycles. The summed E-state index contributed by atoms with van der Waals surface area (Å²) in [6.07, 6.45) is 1.68. The third kappa shape index (κ3) is 4.25. The van der Waals surface area contributed by atoms with Gasteiger partial charge in [0.1, 0.15) is 5.75 Å². The van der Waals surface area contributed by atoms with E-state index in [2.05, 4.69) is 0 Å². The summed E-state index contributed by atoms with van der Waals surface area (Å²) in [7, 11) is 1.63. The molecule has 0 spiro atoms. The van der Waals surface area contributed by atoms with Crippen LogP contribution < -0.4 is 4.74 Å². The zero-order valence-corrected chi connectivity index (χ0v) is 20.5. The number of carbonyl (C=O) groups excluding carboxylic acids is 3. The van der Waals surface area contributed by atoms with Crippen molar-refractivity contribution >= 4 is 29.1 Å². The predicted molar refractivity (Wildman–Crippen MR) is 134 cm³/mol. The van der Waals surface area contributed by atoms with Crippen LogP contribution in [0.15, 0.2) is 72.1 Å². The molecule has 2 fully saturated rings. The molecule has 3 amide bonds. The lowest BCUT2D eigenvalue weighted by atomic mass is 9.75. The highest BCUT2D eigenvalue weighted by Gasteiger charge is 2.54. The first kappa shape index (κ1) is 23.3. The lowest BCUT2D eigenvalue weighted by molar-refractivity contribution is -0.143. The number of imide groups is 1. The van der Waals surface area contributed by atoms with Crippen molar-refractivity contribution < 1.29 is 19.1 Å². The van der Waals surface area contributed by atoms with Crippen LogP contribution in [0, 0.1) is 0 Å². The third-order valence-corrected chi connectivity index (χ3v) is 8.01. The fourth-order valence-corrected chi connectivity index (χ4v) is 6.12. The van der Waals surface area contributed by atoms with Crippen LogP contribution in [-0.2, 0) is 26.3 Å². The maximum Gasteiger partial charge on any atom is 0.241 e. The Labute approximate surface area is 209 Å². The van der Waals surface area contributed by atoms with E-state index in [1.165, 1.54) is 16.2 Å². The molecule has 1 aromatic heterocycles. The Kier molecular flexibility index (Phi) is 6.43. The van der Waals surface area contributed by atoms with Crippen molar-refractivity contribution in [2.24, 2.45) is 0 Å². The third-order valence-electron chi connectivity index (χ3n) is 7.15. The summed E-state index contributed by atoms with van der Waals surface area (Å²) >= 11 is 1.51. The molecule has 0 radical (unpaired) electrons. The minimum absolute atomic E-state index is 0.000126. The number of hydrogen-bond donors (Lipinski definition) is 0. The van der Waals surface area contributed by atoms with Crippen molar-refractivity contribution in [2.45, 2.75) is 43.7 Å². The Morgan fingerprint density at radius 1 is 1.06 bits per heavy atom. The van der Waals surface area contributed by atoms with E-state index in [0.717, 1.165) is 29.0 Å². The second kappa shape index (κ2) is 9.66. The van der Waals surface area contributed by atoms with E-state index in [9.17, 15) is 14.4 Å². The van der Waals surface area contributed by atoms with E-state index in [1.54, 1.807) is 7.11 Å². The summed E-state index contributed by atoms with van der Waals surface area (Å²) in [6.45, 7) is 0.860. The van der Waals surface area contributed by atoms with Crippen LogP contribution in [0.1, 0.15) is 47.7 Å². The molecule has 35 heavy (non-hydrogen) atoms. The minimum atomic E-state index is -1.19. The molecule has 180 valence electrons. The van der Waals surface area contributed by atoms with Gasteiger partial charge in [-0.15, -0.1) is 11.3 Å². The fraction of sp³-hybridized carbons (Fsp3) is 0.321. The monoisotopic (exact) mass is 488 g/mol. The Bertz CT molecular complexity index is 1230. The van der Waals surface area contributed by atoms with Gasteiger partial charge in [0.05, 0.1) is 25.1 Å². The van der Waals surface area contributed by atoms with E-state index in [4.69, 9.17) is 4.74 Å². The highest BCUT2D eigenvalue weighted by atomic mass is 32.1. The Balaban J connectivity index is 1.46. The molecule has 0 bridgehead atoms. The summed E-state index contributed by atoms with van der Waals surface area (Å²) in [5, 5.41) is 1.93. The topological polar surface area (TPSA) is 66.9 Å². The molecule has 2 saturated heterocycles. The van der Waals surface area contributed by atoms with Gasteiger partial charge in [-0.2, -0.15) is 0 Å². The highest BCUT2D eigenvalue weighted by molar-refractivity contribution is 7.09.